The minimum absolute atomic E-state index is 0.00949. The molecule has 2 N–H and O–H groups in total. The van der Waals surface area contributed by atoms with E-state index in [0.29, 0.717) is 10.9 Å². The quantitative estimate of drug-likeness (QED) is 0.729. The summed E-state index contributed by atoms with van der Waals surface area (Å²) in [7, 11) is -3.91. The van der Waals surface area contributed by atoms with Crippen molar-refractivity contribution in [2.24, 2.45) is 5.92 Å². The first kappa shape index (κ1) is 17.6. The molecule has 0 radical (unpaired) electrons. The van der Waals surface area contributed by atoms with Crippen LogP contribution >= 0.6 is 31.9 Å². The summed E-state index contributed by atoms with van der Waals surface area (Å²) >= 11 is 6.40. The highest BCUT2D eigenvalue weighted by Gasteiger charge is 2.30. The van der Waals surface area contributed by atoms with Crippen LogP contribution in [0, 0.1) is 5.92 Å². The lowest BCUT2D eigenvalue weighted by Gasteiger charge is -2.20. The number of carbonyl (C=O) groups is 1. The number of aliphatic carboxylic acids is 1. The van der Waals surface area contributed by atoms with Crippen molar-refractivity contribution in [3.8, 4) is 0 Å². The van der Waals surface area contributed by atoms with Gasteiger partial charge < -0.3 is 5.11 Å². The van der Waals surface area contributed by atoms with E-state index in [1.807, 2.05) is 6.92 Å². The molecule has 0 spiro atoms. The van der Waals surface area contributed by atoms with Crippen LogP contribution in [0.3, 0.4) is 0 Å². The number of nitrogens with one attached hydrogen (secondary N) is 1. The molecule has 0 aliphatic rings. The van der Waals surface area contributed by atoms with Crippen LogP contribution in [-0.4, -0.2) is 25.5 Å². The second-order valence-electron chi connectivity index (χ2n) is 4.40. The molecule has 0 fully saturated rings. The van der Waals surface area contributed by atoms with Gasteiger partial charge in [-0.15, -0.1) is 0 Å². The third-order valence-electron chi connectivity index (χ3n) is 2.94. The summed E-state index contributed by atoms with van der Waals surface area (Å²) in [4.78, 5) is 11.2. The molecular weight excluding hydrogens is 414 g/mol. The highest BCUT2D eigenvalue weighted by Crippen LogP contribution is 2.26. The summed E-state index contributed by atoms with van der Waals surface area (Å²) in [5.74, 6) is -1.49. The molecule has 1 aromatic carbocycles. The SMILES string of the molecule is CCC(C)C(NS(=O)(=O)c1ccc(Br)cc1Br)C(=O)O. The molecule has 1 rings (SSSR count). The van der Waals surface area contributed by atoms with E-state index in [-0.39, 0.29) is 10.8 Å². The van der Waals surface area contributed by atoms with Crippen molar-refractivity contribution < 1.29 is 18.3 Å². The molecule has 0 saturated heterocycles. The van der Waals surface area contributed by atoms with Crippen LogP contribution in [0.25, 0.3) is 0 Å². The highest BCUT2D eigenvalue weighted by molar-refractivity contribution is 9.11. The molecule has 1 aromatic rings. The van der Waals surface area contributed by atoms with Crippen LogP contribution in [0.15, 0.2) is 32.0 Å². The molecule has 112 valence electrons. The van der Waals surface area contributed by atoms with E-state index in [0.717, 1.165) is 4.47 Å². The van der Waals surface area contributed by atoms with E-state index in [1.54, 1.807) is 19.1 Å². The Bertz CT molecular complexity index is 603. The van der Waals surface area contributed by atoms with Crippen LogP contribution < -0.4 is 4.72 Å². The van der Waals surface area contributed by atoms with Gasteiger partial charge in [-0.05, 0) is 40.0 Å². The zero-order valence-corrected chi connectivity index (χ0v) is 14.9. The fraction of sp³-hybridized carbons (Fsp3) is 0.417. The summed E-state index contributed by atoms with van der Waals surface area (Å²) in [6.07, 6.45) is 0.557. The van der Waals surface area contributed by atoms with Gasteiger partial charge in [0.1, 0.15) is 6.04 Å². The maximum atomic E-state index is 12.3. The molecule has 0 saturated carbocycles. The van der Waals surface area contributed by atoms with E-state index >= 15 is 0 Å². The van der Waals surface area contributed by atoms with Gasteiger partial charge in [-0.25, -0.2) is 8.42 Å². The lowest BCUT2D eigenvalue weighted by atomic mass is 10.0. The zero-order chi connectivity index (χ0) is 15.5. The largest absolute Gasteiger partial charge is 0.480 e. The number of hydrogen-bond donors (Lipinski definition) is 2. The Morgan fingerprint density at radius 1 is 1.40 bits per heavy atom. The topological polar surface area (TPSA) is 83.5 Å². The summed E-state index contributed by atoms with van der Waals surface area (Å²) in [6.45, 7) is 3.50. The van der Waals surface area contributed by atoms with Gasteiger partial charge in [-0.1, -0.05) is 36.2 Å². The van der Waals surface area contributed by atoms with Gasteiger partial charge in [-0.2, -0.15) is 4.72 Å². The summed E-state index contributed by atoms with van der Waals surface area (Å²) in [5, 5.41) is 9.15. The van der Waals surface area contributed by atoms with Gasteiger partial charge in [-0.3, -0.25) is 4.79 Å². The van der Waals surface area contributed by atoms with Crippen molar-refractivity contribution in [3.05, 3.63) is 27.1 Å². The maximum absolute atomic E-state index is 12.3. The minimum Gasteiger partial charge on any atom is -0.480 e. The van der Waals surface area contributed by atoms with Crippen molar-refractivity contribution in [2.45, 2.75) is 31.2 Å². The number of benzene rings is 1. The molecule has 20 heavy (non-hydrogen) atoms. The average Bonchev–Trinajstić information content (AvgIpc) is 2.34. The first-order valence-corrected chi connectivity index (χ1v) is 8.96. The molecule has 0 aliphatic carbocycles. The van der Waals surface area contributed by atoms with E-state index in [1.165, 1.54) is 6.07 Å². The van der Waals surface area contributed by atoms with E-state index < -0.39 is 22.0 Å². The first-order valence-electron chi connectivity index (χ1n) is 5.89. The average molecular weight is 429 g/mol. The van der Waals surface area contributed by atoms with Crippen molar-refractivity contribution in [3.63, 3.8) is 0 Å². The first-order chi connectivity index (χ1) is 9.19. The van der Waals surface area contributed by atoms with Crippen LogP contribution in [-0.2, 0) is 14.8 Å². The monoisotopic (exact) mass is 427 g/mol. The fourth-order valence-electron chi connectivity index (χ4n) is 1.57. The summed E-state index contributed by atoms with van der Waals surface area (Å²) < 4.78 is 27.9. The molecule has 0 bridgehead atoms. The van der Waals surface area contributed by atoms with Gasteiger partial charge >= 0.3 is 5.97 Å². The Hall–Kier alpha value is -0.440. The lowest BCUT2D eigenvalue weighted by molar-refractivity contribution is -0.140. The standard InChI is InChI=1S/C12H15Br2NO4S/c1-3-7(2)11(12(16)17)15-20(18,19)10-5-4-8(13)6-9(10)14/h4-7,11,15H,3H2,1-2H3,(H,16,17). The van der Waals surface area contributed by atoms with Gasteiger partial charge in [0.2, 0.25) is 10.0 Å². The third-order valence-corrected chi connectivity index (χ3v) is 5.86. The molecular formula is C12H15Br2NO4S. The van der Waals surface area contributed by atoms with Crippen LogP contribution in [0.2, 0.25) is 0 Å². The normalized spacial score (nSPS) is 14.8. The van der Waals surface area contributed by atoms with Crippen LogP contribution in [0.5, 0.6) is 0 Å². The van der Waals surface area contributed by atoms with Crippen LogP contribution in [0.1, 0.15) is 20.3 Å². The molecule has 2 atom stereocenters. The Morgan fingerprint density at radius 2 is 2.00 bits per heavy atom. The van der Waals surface area contributed by atoms with Crippen molar-refractivity contribution in [2.75, 3.05) is 0 Å². The van der Waals surface area contributed by atoms with Gasteiger partial charge in [0.15, 0.2) is 0 Å². The van der Waals surface area contributed by atoms with Crippen LogP contribution in [0.4, 0.5) is 0 Å². The molecule has 0 amide bonds. The van der Waals surface area contributed by atoms with Crippen molar-refractivity contribution >= 4 is 47.9 Å². The number of sulfonamides is 1. The summed E-state index contributed by atoms with van der Waals surface area (Å²) in [5.41, 5.74) is 0. The number of carboxylic acid groups (broad SMARTS) is 1. The predicted molar refractivity (Wildman–Crippen MR) is 83.0 cm³/mol. The maximum Gasteiger partial charge on any atom is 0.322 e. The smallest absolute Gasteiger partial charge is 0.322 e. The Labute approximate surface area is 135 Å². The summed E-state index contributed by atoms with van der Waals surface area (Å²) in [6, 6.07) is 3.43. The second kappa shape index (κ2) is 7.02. The molecule has 8 heteroatoms. The Balaban J connectivity index is 3.13. The van der Waals surface area contributed by atoms with E-state index in [9.17, 15) is 13.2 Å². The molecule has 0 aromatic heterocycles. The Kier molecular flexibility index (Phi) is 6.18. The molecule has 0 aliphatic heterocycles. The Morgan fingerprint density at radius 3 is 2.45 bits per heavy atom. The number of halogens is 2. The van der Waals surface area contributed by atoms with E-state index in [2.05, 4.69) is 36.6 Å². The number of rotatable bonds is 6. The van der Waals surface area contributed by atoms with Gasteiger partial charge in [0.25, 0.3) is 0 Å². The molecule has 0 heterocycles. The number of hydrogen-bond acceptors (Lipinski definition) is 3. The van der Waals surface area contributed by atoms with Crippen molar-refractivity contribution in [1.82, 2.24) is 4.72 Å². The molecule has 2 unspecified atom stereocenters. The second-order valence-corrected chi connectivity index (χ2v) is 7.85. The minimum atomic E-state index is -3.91. The zero-order valence-electron chi connectivity index (χ0n) is 10.9. The predicted octanol–water partition coefficient (Wildman–Crippen LogP) is 2.99. The number of carboxylic acids is 1. The fourth-order valence-corrected chi connectivity index (χ4v) is 4.61. The lowest BCUT2D eigenvalue weighted by Crippen LogP contribution is -2.44. The molecule has 5 nitrogen and oxygen atoms in total. The van der Waals surface area contributed by atoms with E-state index in [4.69, 9.17) is 5.11 Å². The van der Waals surface area contributed by atoms with Gasteiger partial charge in [0, 0.05) is 8.95 Å². The van der Waals surface area contributed by atoms with Gasteiger partial charge in [0.05, 0.1) is 4.90 Å². The third kappa shape index (κ3) is 4.28. The van der Waals surface area contributed by atoms with Crippen molar-refractivity contribution in [1.29, 1.82) is 0 Å². The highest BCUT2D eigenvalue weighted by atomic mass is 79.9.